The van der Waals surface area contributed by atoms with E-state index in [0.717, 1.165) is 4.90 Å². The van der Waals surface area contributed by atoms with Crippen molar-refractivity contribution >= 4 is 27.7 Å². The number of nitrogens with zero attached hydrogens (tertiary/aromatic N) is 3. The molecule has 1 atom stereocenters. The van der Waals surface area contributed by atoms with E-state index in [1.807, 2.05) is 30.5 Å². The molecule has 0 aliphatic carbocycles. The van der Waals surface area contributed by atoms with Gasteiger partial charge in [0.1, 0.15) is 5.75 Å². The first-order valence-electron chi connectivity index (χ1n) is 8.51. The molecule has 10 heteroatoms. The fourth-order valence-electron chi connectivity index (χ4n) is 2.84. The van der Waals surface area contributed by atoms with Gasteiger partial charge in [0, 0.05) is 31.1 Å². The number of hydrogen-bond acceptors (Lipinski definition) is 6. The molecule has 2 heterocycles. The number of amides is 1. The number of rotatable bonds is 6. The number of carbonyl (C=O) groups excluding carboxylic acids is 1. The van der Waals surface area contributed by atoms with Crippen LogP contribution in [-0.4, -0.2) is 72.3 Å². The molecule has 3 rings (SSSR count). The average molecular weight is 411 g/mol. The molecular formula is C17H22N4O4S2. The molecule has 1 aliphatic rings. The van der Waals surface area contributed by atoms with Crippen LogP contribution in [0.3, 0.4) is 0 Å². The van der Waals surface area contributed by atoms with Crippen LogP contribution in [-0.2, 0) is 14.8 Å². The van der Waals surface area contributed by atoms with Crippen LogP contribution in [0.1, 0.15) is 6.92 Å². The molecule has 1 N–H and O–H groups in total. The minimum absolute atomic E-state index is 0.0627. The first-order valence-corrected chi connectivity index (χ1v) is 11.2. The van der Waals surface area contributed by atoms with Gasteiger partial charge in [-0.15, -0.1) is 11.8 Å². The molecule has 1 fully saturated rings. The van der Waals surface area contributed by atoms with Crippen molar-refractivity contribution in [3.63, 3.8) is 0 Å². The molecule has 8 nitrogen and oxygen atoms in total. The fourth-order valence-corrected chi connectivity index (χ4v) is 4.57. The minimum atomic E-state index is -3.60. The molecule has 1 aromatic heterocycles. The SMILES string of the molecule is CSc1ccc(O[C@@H](C)C(=O)N2CCN(S(=O)(=O)c3ccn[nH]3)CC2)cc1. The van der Waals surface area contributed by atoms with Crippen LogP contribution in [0.2, 0.25) is 0 Å². The van der Waals surface area contributed by atoms with Gasteiger partial charge in [-0.3, -0.25) is 9.89 Å². The fraction of sp³-hybridized carbons (Fsp3) is 0.412. The molecule has 0 unspecified atom stereocenters. The predicted octanol–water partition coefficient (Wildman–Crippen LogP) is 1.43. The topological polar surface area (TPSA) is 95.6 Å². The summed E-state index contributed by atoms with van der Waals surface area (Å²) >= 11 is 1.64. The van der Waals surface area contributed by atoms with E-state index in [2.05, 4.69) is 10.2 Å². The van der Waals surface area contributed by atoms with E-state index in [4.69, 9.17) is 4.74 Å². The van der Waals surface area contributed by atoms with E-state index in [1.54, 1.807) is 23.6 Å². The lowest BCUT2D eigenvalue weighted by molar-refractivity contribution is -0.139. The second-order valence-corrected chi connectivity index (χ2v) is 8.87. The van der Waals surface area contributed by atoms with Crippen LogP contribution in [0.25, 0.3) is 0 Å². The standard InChI is InChI=1S/C17H22N4O4S2/c1-13(25-14-3-5-15(26-2)6-4-14)17(22)20-9-11-21(12-10-20)27(23,24)16-7-8-18-19-16/h3-8,13H,9-12H2,1-2H3,(H,18,19)/t13-/m0/s1. The van der Waals surface area contributed by atoms with Gasteiger partial charge in [0.05, 0.1) is 6.20 Å². The van der Waals surface area contributed by atoms with Gasteiger partial charge in [0.15, 0.2) is 11.1 Å². The Kier molecular flexibility index (Phi) is 6.08. The van der Waals surface area contributed by atoms with Gasteiger partial charge in [-0.05, 0) is 43.5 Å². The number of carbonyl (C=O) groups is 1. The van der Waals surface area contributed by atoms with Crippen LogP contribution in [0.4, 0.5) is 0 Å². The van der Waals surface area contributed by atoms with Crippen LogP contribution >= 0.6 is 11.8 Å². The van der Waals surface area contributed by atoms with E-state index in [-0.39, 0.29) is 24.0 Å². The predicted molar refractivity (Wildman–Crippen MR) is 102 cm³/mol. The zero-order valence-electron chi connectivity index (χ0n) is 15.2. The summed E-state index contributed by atoms with van der Waals surface area (Å²) < 4.78 is 32.0. The van der Waals surface area contributed by atoms with Crippen molar-refractivity contribution in [2.24, 2.45) is 0 Å². The second-order valence-electron chi connectivity index (χ2n) is 6.09. The van der Waals surface area contributed by atoms with Crippen LogP contribution in [0.5, 0.6) is 5.75 Å². The van der Waals surface area contributed by atoms with Crippen LogP contribution in [0.15, 0.2) is 46.5 Å². The third kappa shape index (κ3) is 4.45. The number of aromatic amines is 1. The van der Waals surface area contributed by atoms with Gasteiger partial charge >= 0.3 is 0 Å². The molecule has 1 aliphatic heterocycles. The molecule has 0 saturated carbocycles. The second kappa shape index (κ2) is 8.32. The minimum Gasteiger partial charge on any atom is -0.481 e. The Hall–Kier alpha value is -2.04. The van der Waals surface area contributed by atoms with Crippen LogP contribution in [0, 0.1) is 0 Å². The smallest absolute Gasteiger partial charge is 0.263 e. The molecule has 1 aromatic carbocycles. The zero-order chi connectivity index (χ0) is 19.4. The van der Waals surface area contributed by atoms with Gasteiger partial charge in [-0.25, -0.2) is 8.42 Å². The molecule has 27 heavy (non-hydrogen) atoms. The lowest BCUT2D eigenvalue weighted by Crippen LogP contribution is -2.53. The summed E-state index contributed by atoms with van der Waals surface area (Å²) in [6, 6.07) is 8.98. The molecule has 0 spiro atoms. The maximum Gasteiger partial charge on any atom is 0.263 e. The maximum atomic E-state index is 12.6. The van der Waals surface area contributed by atoms with Crippen molar-refractivity contribution < 1.29 is 17.9 Å². The van der Waals surface area contributed by atoms with Gasteiger partial charge in [0.25, 0.3) is 15.9 Å². The normalized spacial score (nSPS) is 16.9. The summed E-state index contributed by atoms with van der Waals surface area (Å²) in [5, 5.41) is 6.23. The van der Waals surface area contributed by atoms with E-state index in [0.29, 0.717) is 18.8 Å². The highest BCUT2D eigenvalue weighted by Gasteiger charge is 2.32. The summed E-state index contributed by atoms with van der Waals surface area (Å²) in [5.41, 5.74) is 0. The number of H-pyrrole nitrogens is 1. The third-order valence-electron chi connectivity index (χ3n) is 4.36. The van der Waals surface area contributed by atoms with Gasteiger partial charge in [-0.1, -0.05) is 0 Å². The van der Waals surface area contributed by atoms with Gasteiger partial charge in [-0.2, -0.15) is 9.40 Å². The van der Waals surface area contributed by atoms with Crippen LogP contribution < -0.4 is 4.74 Å². The largest absolute Gasteiger partial charge is 0.481 e. The number of piperazine rings is 1. The number of benzene rings is 1. The summed E-state index contributed by atoms with van der Waals surface area (Å²) in [6.45, 7) is 2.83. The lowest BCUT2D eigenvalue weighted by atomic mass is 10.2. The van der Waals surface area contributed by atoms with Crippen molar-refractivity contribution in [3.05, 3.63) is 36.5 Å². The monoisotopic (exact) mass is 410 g/mol. The number of thioether (sulfide) groups is 1. The van der Waals surface area contributed by atoms with Crippen molar-refractivity contribution in [1.82, 2.24) is 19.4 Å². The lowest BCUT2D eigenvalue weighted by Gasteiger charge is -2.34. The van der Waals surface area contributed by atoms with Crippen molar-refractivity contribution in [2.45, 2.75) is 22.9 Å². The van der Waals surface area contributed by atoms with E-state index >= 15 is 0 Å². The molecule has 0 radical (unpaired) electrons. The van der Waals surface area contributed by atoms with Gasteiger partial charge in [0.2, 0.25) is 0 Å². The number of aromatic nitrogens is 2. The Morgan fingerprint density at radius 3 is 2.41 bits per heavy atom. The van der Waals surface area contributed by atoms with Crippen molar-refractivity contribution in [1.29, 1.82) is 0 Å². The Bertz CT molecular complexity index is 861. The Morgan fingerprint density at radius 1 is 1.19 bits per heavy atom. The zero-order valence-corrected chi connectivity index (χ0v) is 16.8. The highest BCUT2D eigenvalue weighted by molar-refractivity contribution is 7.98. The molecule has 0 bridgehead atoms. The summed E-state index contributed by atoms with van der Waals surface area (Å²) in [4.78, 5) is 15.4. The number of sulfonamides is 1. The highest BCUT2D eigenvalue weighted by atomic mass is 32.2. The number of hydrogen-bond donors (Lipinski definition) is 1. The Labute approximate surface area is 162 Å². The van der Waals surface area contributed by atoms with E-state index < -0.39 is 16.1 Å². The Balaban J connectivity index is 1.56. The summed E-state index contributed by atoms with van der Waals surface area (Å²) in [7, 11) is -3.60. The van der Waals surface area contributed by atoms with Gasteiger partial charge < -0.3 is 9.64 Å². The first-order chi connectivity index (χ1) is 12.9. The summed E-state index contributed by atoms with van der Waals surface area (Å²) in [5.74, 6) is 0.483. The molecular weight excluding hydrogens is 388 g/mol. The average Bonchev–Trinajstić information content (AvgIpc) is 3.24. The first kappa shape index (κ1) is 19.7. The number of ether oxygens (including phenoxy) is 1. The third-order valence-corrected chi connectivity index (χ3v) is 6.94. The molecule has 1 saturated heterocycles. The van der Waals surface area contributed by atoms with E-state index in [1.165, 1.54) is 16.6 Å². The maximum absolute atomic E-state index is 12.6. The Morgan fingerprint density at radius 2 is 1.85 bits per heavy atom. The quantitative estimate of drug-likeness (QED) is 0.724. The molecule has 1 amide bonds. The van der Waals surface area contributed by atoms with E-state index in [9.17, 15) is 13.2 Å². The summed E-state index contributed by atoms with van der Waals surface area (Å²) in [6.07, 6.45) is 2.76. The van der Waals surface area contributed by atoms with Crippen molar-refractivity contribution in [3.8, 4) is 5.75 Å². The molecule has 146 valence electrons. The number of nitrogens with one attached hydrogen (secondary N) is 1. The molecule has 2 aromatic rings. The highest BCUT2D eigenvalue weighted by Crippen LogP contribution is 2.21. The van der Waals surface area contributed by atoms with Crippen molar-refractivity contribution in [2.75, 3.05) is 32.4 Å².